The first-order chi connectivity index (χ1) is 14.1. The third-order valence-corrected chi connectivity index (χ3v) is 5.13. The van der Waals surface area contributed by atoms with Crippen molar-refractivity contribution >= 4 is 28.9 Å². The molecule has 2 heterocycles. The zero-order valence-corrected chi connectivity index (χ0v) is 16.4. The van der Waals surface area contributed by atoms with Gasteiger partial charge in [0.15, 0.2) is 5.69 Å². The van der Waals surface area contributed by atoms with Crippen LogP contribution in [0.4, 0.5) is 15.8 Å². The lowest BCUT2D eigenvalue weighted by Gasteiger charge is -2.35. The lowest BCUT2D eigenvalue weighted by molar-refractivity contribution is 0.102. The van der Waals surface area contributed by atoms with Gasteiger partial charge in [0.25, 0.3) is 5.91 Å². The van der Waals surface area contributed by atoms with Gasteiger partial charge in [-0.2, -0.15) is 0 Å². The number of para-hydroxylation sites is 1. The zero-order chi connectivity index (χ0) is 20.2. The number of oxazole rings is 1. The first kappa shape index (κ1) is 19.4. The van der Waals surface area contributed by atoms with E-state index in [1.165, 1.54) is 30.5 Å². The Bertz CT molecular complexity index is 984. The summed E-state index contributed by atoms with van der Waals surface area (Å²) < 4.78 is 18.4. The van der Waals surface area contributed by atoms with E-state index in [1.807, 2.05) is 24.3 Å². The van der Waals surface area contributed by atoms with Crippen LogP contribution in [0.15, 0.2) is 59.2 Å². The van der Waals surface area contributed by atoms with Crippen LogP contribution in [0, 0.1) is 5.82 Å². The average molecular weight is 415 g/mol. The zero-order valence-electron chi connectivity index (χ0n) is 15.6. The Hall–Kier alpha value is -2.90. The SMILES string of the molecule is O=C(Nc1ccc(F)cc1)c1coc(CN2CCN(c3ccccc3Cl)CC2)n1. The minimum atomic E-state index is -0.393. The second-order valence-electron chi connectivity index (χ2n) is 6.80. The van der Waals surface area contributed by atoms with Gasteiger partial charge in [0, 0.05) is 31.9 Å². The minimum absolute atomic E-state index is 0.194. The van der Waals surface area contributed by atoms with Gasteiger partial charge in [0.05, 0.1) is 17.3 Å². The summed E-state index contributed by atoms with van der Waals surface area (Å²) in [6.07, 6.45) is 1.34. The molecule has 150 valence electrons. The number of anilines is 2. The first-order valence-corrected chi connectivity index (χ1v) is 9.69. The number of carbonyl (C=O) groups excluding carboxylic acids is 1. The molecule has 0 aliphatic carbocycles. The minimum Gasteiger partial charge on any atom is -0.447 e. The normalized spacial score (nSPS) is 14.8. The Kier molecular flexibility index (Phi) is 5.78. The molecule has 1 aliphatic rings. The molecule has 6 nitrogen and oxygen atoms in total. The maximum absolute atomic E-state index is 13.0. The van der Waals surface area contributed by atoms with Gasteiger partial charge < -0.3 is 14.6 Å². The van der Waals surface area contributed by atoms with Gasteiger partial charge in [-0.25, -0.2) is 9.37 Å². The lowest BCUT2D eigenvalue weighted by Crippen LogP contribution is -2.46. The highest BCUT2D eigenvalue weighted by molar-refractivity contribution is 6.33. The summed E-state index contributed by atoms with van der Waals surface area (Å²) >= 11 is 6.29. The second-order valence-corrected chi connectivity index (χ2v) is 7.21. The number of piperazine rings is 1. The third-order valence-electron chi connectivity index (χ3n) is 4.81. The molecule has 0 atom stereocenters. The number of hydrogen-bond acceptors (Lipinski definition) is 5. The van der Waals surface area contributed by atoms with Gasteiger partial charge >= 0.3 is 0 Å². The van der Waals surface area contributed by atoms with Crippen molar-refractivity contribution in [2.75, 3.05) is 36.4 Å². The molecule has 1 amide bonds. The van der Waals surface area contributed by atoms with E-state index in [2.05, 4.69) is 20.1 Å². The Labute approximate surface area is 172 Å². The largest absolute Gasteiger partial charge is 0.447 e. The smallest absolute Gasteiger partial charge is 0.277 e. The van der Waals surface area contributed by atoms with Crippen molar-refractivity contribution in [3.05, 3.63) is 77.2 Å². The van der Waals surface area contributed by atoms with Crippen LogP contribution in [0.2, 0.25) is 5.02 Å². The molecular formula is C21H20ClFN4O2. The van der Waals surface area contributed by atoms with Crippen LogP contribution in [-0.4, -0.2) is 42.0 Å². The van der Waals surface area contributed by atoms with E-state index in [4.69, 9.17) is 16.0 Å². The Morgan fingerprint density at radius 2 is 1.83 bits per heavy atom. The van der Waals surface area contributed by atoms with E-state index in [-0.39, 0.29) is 11.5 Å². The Morgan fingerprint density at radius 3 is 2.55 bits per heavy atom. The number of benzene rings is 2. The van der Waals surface area contributed by atoms with E-state index in [0.29, 0.717) is 18.1 Å². The fraction of sp³-hybridized carbons (Fsp3) is 0.238. The van der Waals surface area contributed by atoms with Gasteiger partial charge in [0.1, 0.15) is 12.1 Å². The molecule has 0 bridgehead atoms. The van der Waals surface area contributed by atoms with Crippen LogP contribution in [0.3, 0.4) is 0 Å². The van der Waals surface area contributed by atoms with Gasteiger partial charge in [0.2, 0.25) is 5.89 Å². The predicted octanol–water partition coefficient (Wildman–Crippen LogP) is 4.04. The molecule has 1 N–H and O–H groups in total. The van der Waals surface area contributed by atoms with Crippen LogP contribution in [0.25, 0.3) is 0 Å². The van der Waals surface area contributed by atoms with Crippen molar-refractivity contribution in [2.24, 2.45) is 0 Å². The fourth-order valence-electron chi connectivity index (χ4n) is 3.26. The molecule has 0 saturated carbocycles. The first-order valence-electron chi connectivity index (χ1n) is 9.31. The molecule has 29 heavy (non-hydrogen) atoms. The summed E-state index contributed by atoms with van der Waals surface area (Å²) in [6.45, 7) is 3.90. The molecule has 1 aliphatic heterocycles. The molecule has 0 unspecified atom stereocenters. The summed E-state index contributed by atoms with van der Waals surface area (Å²) in [5.74, 6) is -0.267. The Balaban J connectivity index is 1.31. The van der Waals surface area contributed by atoms with Gasteiger partial charge in [-0.05, 0) is 36.4 Å². The number of nitrogens with zero attached hydrogens (tertiary/aromatic N) is 3. The molecule has 3 aromatic rings. The van der Waals surface area contributed by atoms with Gasteiger partial charge in [-0.15, -0.1) is 0 Å². The summed E-state index contributed by atoms with van der Waals surface area (Å²) in [7, 11) is 0. The van der Waals surface area contributed by atoms with Crippen LogP contribution in [0.5, 0.6) is 0 Å². The number of carbonyl (C=O) groups is 1. The standard InChI is InChI=1S/C21H20ClFN4O2/c22-17-3-1-2-4-19(17)27-11-9-26(10-12-27)13-20-25-18(14-29-20)21(28)24-16-7-5-15(23)6-8-16/h1-8,14H,9-13H2,(H,24,28). The van der Waals surface area contributed by atoms with E-state index < -0.39 is 5.91 Å². The van der Waals surface area contributed by atoms with E-state index in [0.717, 1.165) is 36.9 Å². The molecule has 8 heteroatoms. The van der Waals surface area contributed by atoms with Crippen LogP contribution in [0.1, 0.15) is 16.4 Å². The fourth-order valence-corrected chi connectivity index (χ4v) is 3.52. The number of rotatable bonds is 5. The molecule has 1 fully saturated rings. The molecule has 2 aromatic carbocycles. The quantitative estimate of drug-likeness (QED) is 0.682. The van der Waals surface area contributed by atoms with Gasteiger partial charge in [-0.3, -0.25) is 9.69 Å². The third kappa shape index (κ3) is 4.75. The number of nitrogens with one attached hydrogen (secondary N) is 1. The molecular weight excluding hydrogens is 395 g/mol. The molecule has 0 spiro atoms. The van der Waals surface area contributed by atoms with Crippen LogP contribution >= 0.6 is 11.6 Å². The van der Waals surface area contributed by atoms with Crippen molar-refractivity contribution in [3.63, 3.8) is 0 Å². The van der Waals surface area contributed by atoms with Crippen molar-refractivity contribution in [3.8, 4) is 0 Å². The molecule has 1 aromatic heterocycles. The van der Waals surface area contributed by atoms with Crippen molar-refractivity contribution in [1.82, 2.24) is 9.88 Å². The highest BCUT2D eigenvalue weighted by Crippen LogP contribution is 2.26. The summed E-state index contributed by atoms with van der Waals surface area (Å²) in [6, 6.07) is 13.4. The maximum Gasteiger partial charge on any atom is 0.277 e. The second kappa shape index (κ2) is 8.63. The number of aromatic nitrogens is 1. The predicted molar refractivity (Wildman–Crippen MR) is 110 cm³/mol. The van der Waals surface area contributed by atoms with Crippen molar-refractivity contribution in [1.29, 1.82) is 0 Å². The summed E-state index contributed by atoms with van der Waals surface area (Å²) in [4.78, 5) is 21.0. The molecule has 1 saturated heterocycles. The van der Waals surface area contributed by atoms with Crippen LogP contribution < -0.4 is 10.2 Å². The van der Waals surface area contributed by atoms with Gasteiger partial charge in [-0.1, -0.05) is 23.7 Å². The summed E-state index contributed by atoms with van der Waals surface area (Å²) in [5.41, 5.74) is 1.74. The number of halogens is 2. The number of amides is 1. The molecule has 4 rings (SSSR count). The molecule has 0 radical (unpaired) electrons. The Morgan fingerprint density at radius 1 is 1.10 bits per heavy atom. The highest BCUT2D eigenvalue weighted by atomic mass is 35.5. The van der Waals surface area contributed by atoms with Crippen molar-refractivity contribution in [2.45, 2.75) is 6.54 Å². The van der Waals surface area contributed by atoms with Crippen LogP contribution in [-0.2, 0) is 6.54 Å². The topological polar surface area (TPSA) is 61.6 Å². The highest BCUT2D eigenvalue weighted by Gasteiger charge is 2.21. The van der Waals surface area contributed by atoms with E-state index in [9.17, 15) is 9.18 Å². The monoisotopic (exact) mass is 414 g/mol. The average Bonchev–Trinajstić information content (AvgIpc) is 3.19. The van der Waals surface area contributed by atoms with E-state index in [1.54, 1.807) is 0 Å². The van der Waals surface area contributed by atoms with Crippen molar-refractivity contribution < 1.29 is 13.6 Å². The maximum atomic E-state index is 13.0. The summed E-state index contributed by atoms with van der Waals surface area (Å²) in [5, 5.41) is 3.43. The van der Waals surface area contributed by atoms with E-state index >= 15 is 0 Å². The lowest BCUT2D eigenvalue weighted by atomic mass is 10.2. The number of hydrogen-bond donors (Lipinski definition) is 1.